The van der Waals surface area contributed by atoms with Crippen molar-refractivity contribution in [3.05, 3.63) is 53.6 Å². The normalized spacial score (nSPS) is 18.3. The Hall–Kier alpha value is -3.79. The molecular weight excluding hydrogens is 508 g/mol. The number of aromatic nitrogens is 3. The summed E-state index contributed by atoms with van der Waals surface area (Å²) in [6.07, 6.45) is 5.77. The largest absolute Gasteiger partial charge is 0.376 e. The molecule has 0 radical (unpaired) electrons. The monoisotopic (exact) mass is 546 g/mol. The van der Waals surface area contributed by atoms with Crippen molar-refractivity contribution < 1.29 is 19.1 Å². The third-order valence-electron chi connectivity index (χ3n) is 7.95. The Kier molecular flexibility index (Phi) is 8.44. The molecule has 2 heterocycles. The van der Waals surface area contributed by atoms with Gasteiger partial charge in [0, 0.05) is 26.1 Å². The van der Waals surface area contributed by atoms with Crippen molar-refractivity contribution in [2.45, 2.75) is 70.9 Å². The smallest absolute Gasteiger partial charge is 0.253 e. The molecule has 1 aromatic heterocycles. The Labute approximate surface area is 234 Å². The molecule has 3 N–H and O–H groups in total. The first kappa shape index (κ1) is 27.8. The van der Waals surface area contributed by atoms with Gasteiger partial charge in [-0.25, -0.2) is 0 Å². The summed E-state index contributed by atoms with van der Waals surface area (Å²) in [6.45, 7) is 5.71. The van der Waals surface area contributed by atoms with E-state index in [4.69, 9.17) is 4.74 Å². The van der Waals surface area contributed by atoms with Gasteiger partial charge in [0.25, 0.3) is 5.91 Å². The number of hydrogen-bond acceptors (Lipinski definition) is 6. The molecule has 0 bridgehead atoms. The van der Waals surface area contributed by atoms with E-state index in [2.05, 4.69) is 33.0 Å². The lowest BCUT2D eigenvalue weighted by Gasteiger charge is -2.33. The second kappa shape index (κ2) is 12.2. The van der Waals surface area contributed by atoms with Gasteiger partial charge in [0.15, 0.2) is 0 Å². The Bertz CT molecular complexity index is 1360. The number of ether oxygens (including phenoxy) is 1. The van der Waals surface area contributed by atoms with Crippen LogP contribution in [-0.2, 0) is 14.3 Å². The van der Waals surface area contributed by atoms with Gasteiger partial charge in [0.2, 0.25) is 11.8 Å². The van der Waals surface area contributed by atoms with Crippen molar-refractivity contribution in [2.75, 3.05) is 24.6 Å². The van der Waals surface area contributed by atoms with Crippen molar-refractivity contribution in [3.8, 4) is 0 Å². The standard InChI is InChI=1S/C30H38N6O4/c1-3-16-31-29(39)27(20-10-11-23-24(18-20)34-35-33-23)36(26(37)12-13-30(2)14-15-30)25-9-5-4-8-22(25)28(38)32-19-21-7-6-17-40-21/h4-5,8-11,18,21,27H,3,6-7,12-17,19H2,1-2H3,(H,31,39)(H,32,38)(H,33,34,35). The van der Waals surface area contributed by atoms with Crippen LogP contribution in [-0.4, -0.2) is 58.9 Å². The number of nitrogens with zero attached hydrogens (tertiary/aromatic N) is 3. The lowest BCUT2D eigenvalue weighted by atomic mass is 9.98. The molecule has 1 saturated carbocycles. The maximum absolute atomic E-state index is 14.1. The summed E-state index contributed by atoms with van der Waals surface area (Å²) in [4.78, 5) is 43.0. The number of carbonyl (C=O) groups excluding carboxylic acids is 3. The molecular formula is C30H38N6O4. The second-order valence-corrected chi connectivity index (χ2v) is 11.2. The Morgan fingerprint density at radius 3 is 2.67 bits per heavy atom. The maximum Gasteiger partial charge on any atom is 0.253 e. The Balaban J connectivity index is 1.54. The molecule has 40 heavy (non-hydrogen) atoms. The molecule has 0 spiro atoms. The third kappa shape index (κ3) is 6.33. The van der Waals surface area contributed by atoms with Gasteiger partial charge < -0.3 is 15.4 Å². The first-order valence-corrected chi connectivity index (χ1v) is 14.3. The quantitative estimate of drug-likeness (QED) is 0.314. The van der Waals surface area contributed by atoms with Crippen LogP contribution in [0.1, 0.15) is 80.8 Å². The molecule has 10 nitrogen and oxygen atoms in total. The number of aromatic amines is 1. The van der Waals surface area contributed by atoms with Crippen LogP contribution in [0.25, 0.3) is 11.0 Å². The maximum atomic E-state index is 14.1. The fourth-order valence-corrected chi connectivity index (χ4v) is 5.18. The number of carbonyl (C=O) groups is 3. The molecule has 2 unspecified atom stereocenters. The van der Waals surface area contributed by atoms with Gasteiger partial charge in [-0.3, -0.25) is 19.3 Å². The summed E-state index contributed by atoms with van der Waals surface area (Å²) in [5, 5.41) is 16.9. The highest BCUT2D eigenvalue weighted by molar-refractivity contribution is 6.08. The molecule has 5 rings (SSSR count). The molecule has 1 aliphatic heterocycles. The van der Waals surface area contributed by atoms with Gasteiger partial charge in [-0.1, -0.05) is 32.0 Å². The highest BCUT2D eigenvalue weighted by Crippen LogP contribution is 2.49. The minimum absolute atomic E-state index is 0.0186. The average Bonchev–Trinajstić information content (AvgIpc) is 3.33. The summed E-state index contributed by atoms with van der Waals surface area (Å²) < 4.78 is 5.67. The van der Waals surface area contributed by atoms with E-state index >= 15 is 0 Å². The van der Waals surface area contributed by atoms with Gasteiger partial charge in [-0.05, 0) is 73.8 Å². The predicted octanol–water partition coefficient (Wildman–Crippen LogP) is 4.05. The lowest BCUT2D eigenvalue weighted by molar-refractivity contribution is -0.126. The van der Waals surface area contributed by atoms with Crippen molar-refractivity contribution in [3.63, 3.8) is 0 Å². The van der Waals surface area contributed by atoms with Crippen LogP contribution in [0, 0.1) is 5.41 Å². The van der Waals surface area contributed by atoms with Crippen LogP contribution in [0.15, 0.2) is 42.5 Å². The van der Waals surface area contributed by atoms with E-state index in [1.54, 1.807) is 42.5 Å². The number of nitrogens with one attached hydrogen (secondary N) is 3. The van der Waals surface area contributed by atoms with E-state index in [9.17, 15) is 14.4 Å². The summed E-state index contributed by atoms with van der Waals surface area (Å²) in [5.74, 6) is -0.827. The fourth-order valence-electron chi connectivity index (χ4n) is 5.18. The lowest BCUT2D eigenvalue weighted by Crippen LogP contribution is -2.45. The minimum Gasteiger partial charge on any atom is -0.376 e. The number of H-pyrrole nitrogens is 1. The summed E-state index contributed by atoms with van der Waals surface area (Å²) in [5.41, 5.74) is 2.73. The minimum atomic E-state index is -1.00. The van der Waals surface area contributed by atoms with E-state index in [-0.39, 0.29) is 35.7 Å². The Morgan fingerprint density at radius 2 is 1.93 bits per heavy atom. The number of amides is 3. The van der Waals surface area contributed by atoms with E-state index in [0.717, 1.165) is 38.5 Å². The molecule has 3 amide bonds. The van der Waals surface area contributed by atoms with Crippen LogP contribution >= 0.6 is 0 Å². The zero-order valence-corrected chi connectivity index (χ0v) is 23.2. The van der Waals surface area contributed by atoms with Crippen LogP contribution in [0.3, 0.4) is 0 Å². The van der Waals surface area contributed by atoms with Crippen LogP contribution < -0.4 is 15.5 Å². The van der Waals surface area contributed by atoms with Gasteiger partial charge in [0.05, 0.1) is 17.4 Å². The van der Waals surface area contributed by atoms with Crippen LogP contribution in [0.2, 0.25) is 0 Å². The van der Waals surface area contributed by atoms with Gasteiger partial charge in [-0.2, -0.15) is 15.4 Å². The van der Waals surface area contributed by atoms with Crippen molar-refractivity contribution in [2.24, 2.45) is 5.41 Å². The van der Waals surface area contributed by atoms with Crippen LogP contribution in [0.4, 0.5) is 5.69 Å². The molecule has 2 aromatic carbocycles. The molecule has 2 aliphatic rings. The number of para-hydroxylation sites is 1. The van der Waals surface area contributed by atoms with E-state index in [0.29, 0.717) is 47.5 Å². The van der Waals surface area contributed by atoms with Crippen molar-refractivity contribution >= 4 is 34.4 Å². The number of benzene rings is 2. The highest BCUT2D eigenvalue weighted by atomic mass is 16.5. The topological polar surface area (TPSA) is 129 Å². The molecule has 1 saturated heterocycles. The van der Waals surface area contributed by atoms with Gasteiger partial charge >= 0.3 is 0 Å². The van der Waals surface area contributed by atoms with Crippen molar-refractivity contribution in [1.82, 2.24) is 26.0 Å². The molecule has 2 atom stereocenters. The van der Waals surface area contributed by atoms with E-state index in [1.807, 2.05) is 6.92 Å². The highest BCUT2D eigenvalue weighted by Gasteiger charge is 2.40. The fraction of sp³-hybridized carbons (Fsp3) is 0.500. The molecule has 10 heteroatoms. The SMILES string of the molecule is CCCNC(=O)C(c1ccc2n[nH]nc2c1)N(C(=O)CCC1(C)CC1)c1ccccc1C(=O)NCC1CCCO1. The first-order valence-electron chi connectivity index (χ1n) is 14.3. The number of fused-ring (bicyclic) bond motifs is 1. The zero-order valence-electron chi connectivity index (χ0n) is 23.2. The molecule has 2 fully saturated rings. The van der Waals surface area contributed by atoms with E-state index < -0.39 is 6.04 Å². The first-order chi connectivity index (χ1) is 19.4. The third-order valence-corrected chi connectivity index (χ3v) is 7.95. The number of anilines is 1. The Morgan fingerprint density at radius 1 is 1.12 bits per heavy atom. The predicted molar refractivity (Wildman–Crippen MR) is 152 cm³/mol. The molecule has 212 valence electrons. The molecule has 3 aromatic rings. The van der Waals surface area contributed by atoms with Gasteiger partial charge in [0.1, 0.15) is 17.1 Å². The van der Waals surface area contributed by atoms with Crippen molar-refractivity contribution in [1.29, 1.82) is 0 Å². The molecule has 1 aliphatic carbocycles. The average molecular weight is 547 g/mol. The zero-order chi connectivity index (χ0) is 28.1. The van der Waals surface area contributed by atoms with Gasteiger partial charge in [-0.15, -0.1) is 0 Å². The van der Waals surface area contributed by atoms with E-state index in [1.165, 1.54) is 4.90 Å². The summed E-state index contributed by atoms with van der Waals surface area (Å²) in [6, 6.07) is 11.3. The number of hydrogen-bond donors (Lipinski definition) is 3. The summed E-state index contributed by atoms with van der Waals surface area (Å²) >= 11 is 0. The summed E-state index contributed by atoms with van der Waals surface area (Å²) in [7, 11) is 0. The van der Waals surface area contributed by atoms with Crippen LogP contribution in [0.5, 0.6) is 0 Å². The second-order valence-electron chi connectivity index (χ2n) is 11.2. The number of rotatable bonds is 12.